The summed E-state index contributed by atoms with van der Waals surface area (Å²) < 4.78 is 6.03. The van der Waals surface area contributed by atoms with Gasteiger partial charge in [-0.15, -0.1) is 0 Å². The minimum atomic E-state index is -0.00750. The molecule has 1 aromatic carbocycles. The van der Waals surface area contributed by atoms with Crippen molar-refractivity contribution in [3.63, 3.8) is 0 Å². The number of methoxy groups -OCH3 is 1. The molecule has 1 heterocycles. The summed E-state index contributed by atoms with van der Waals surface area (Å²) in [6, 6.07) is 11.7. The van der Waals surface area contributed by atoms with E-state index >= 15 is 0 Å². The molecule has 1 aromatic heterocycles. The molecule has 0 unspecified atom stereocenters. The number of nitrogens with zero attached hydrogens (tertiary/aromatic N) is 2. The fraction of sp³-hybridized carbons (Fsp3) is 0.333. The molecule has 0 N–H and O–H groups in total. The van der Waals surface area contributed by atoms with E-state index in [2.05, 4.69) is 20.9 Å². The first-order valence-corrected chi connectivity index (χ1v) is 8.30. The van der Waals surface area contributed by atoms with Gasteiger partial charge in [-0.05, 0) is 37.6 Å². The monoisotopic (exact) mass is 376 g/mol. The summed E-state index contributed by atoms with van der Waals surface area (Å²) >= 11 is 3.47. The molecule has 0 spiro atoms. The number of aryl methyl sites for hydroxylation is 1. The van der Waals surface area contributed by atoms with E-state index in [9.17, 15) is 4.79 Å². The predicted octanol–water partition coefficient (Wildman–Crippen LogP) is 3.93. The van der Waals surface area contributed by atoms with Crippen molar-refractivity contribution in [1.29, 1.82) is 0 Å². The lowest BCUT2D eigenvalue weighted by molar-refractivity contribution is 0.0778. The second-order valence-electron chi connectivity index (χ2n) is 5.41. The number of carbonyl (C=O) groups excluding carboxylic acids is 1. The van der Waals surface area contributed by atoms with Gasteiger partial charge in [-0.3, -0.25) is 9.78 Å². The summed E-state index contributed by atoms with van der Waals surface area (Å²) in [4.78, 5) is 18.8. The number of hydrogen-bond acceptors (Lipinski definition) is 3. The van der Waals surface area contributed by atoms with Crippen LogP contribution in [-0.2, 0) is 4.74 Å². The minimum Gasteiger partial charge on any atom is -0.385 e. The number of amides is 1. The van der Waals surface area contributed by atoms with E-state index in [0.717, 1.165) is 27.8 Å². The van der Waals surface area contributed by atoms with E-state index in [-0.39, 0.29) is 5.91 Å². The highest BCUT2D eigenvalue weighted by molar-refractivity contribution is 9.10. The van der Waals surface area contributed by atoms with Crippen molar-refractivity contribution >= 4 is 21.8 Å². The molecule has 4 nitrogen and oxygen atoms in total. The summed E-state index contributed by atoms with van der Waals surface area (Å²) in [5.74, 6) is -0.00750. The number of rotatable bonds is 6. The third-order valence-electron chi connectivity index (χ3n) is 3.63. The molecule has 0 fully saturated rings. The van der Waals surface area contributed by atoms with Crippen LogP contribution < -0.4 is 0 Å². The Morgan fingerprint density at radius 1 is 1.30 bits per heavy atom. The molecule has 0 radical (unpaired) electrons. The Labute approximate surface area is 145 Å². The minimum absolute atomic E-state index is 0.00750. The Morgan fingerprint density at radius 2 is 2.09 bits per heavy atom. The number of hydrogen-bond donors (Lipinski definition) is 0. The fourth-order valence-corrected chi connectivity index (χ4v) is 2.75. The molecule has 0 aliphatic rings. The van der Waals surface area contributed by atoms with E-state index < -0.39 is 0 Å². The van der Waals surface area contributed by atoms with Crippen molar-refractivity contribution in [3.05, 3.63) is 52.1 Å². The molecule has 0 aliphatic carbocycles. The van der Waals surface area contributed by atoms with Crippen molar-refractivity contribution in [2.45, 2.75) is 13.3 Å². The lowest BCUT2D eigenvalue weighted by Crippen LogP contribution is -2.29. The summed E-state index contributed by atoms with van der Waals surface area (Å²) in [5.41, 5.74) is 3.27. The van der Waals surface area contributed by atoms with Gasteiger partial charge in [0.15, 0.2) is 0 Å². The quantitative estimate of drug-likeness (QED) is 0.717. The van der Waals surface area contributed by atoms with Crippen molar-refractivity contribution < 1.29 is 9.53 Å². The van der Waals surface area contributed by atoms with Crippen molar-refractivity contribution in [2.75, 3.05) is 27.3 Å². The molecule has 2 aromatic rings. The Bertz CT molecular complexity index is 688. The fourth-order valence-electron chi connectivity index (χ4n) is 2.35. The van der Waals surface area contributed by atoms with Gasteiger partial charge in [0, 0.05) is 37.3 Å². The molecule has 0 bridgehead atoms. The van der Waals surface area contributed by atoms with Crippen LogP contribution in [0.1, 0.15) is 22.5 Å². The summed E-state index contributed by atoms with van der Waals surface area (Å²) in [6.45, 7) is 3.19. The van der Waals surface area contributed by atoms with Crippen LogP contribution >= 0.6 is 15.9 Å². The number of aromatic nitrogens is 1. The maximum absolute atomic E-state index is 12.5. The molecule has 0 atom stereocenters. The highest BCUT2D eigenvalue weighted by Crippen LogP contribution is 2.23. The predicted molar refractivity (Wildman–Crippen MR) is 95.6 cm³/mol. The van der Waals surface area contributed by atoms with Gasteiger partial charge < -0.3 is 9.64 Å². The van der Waals surface area contributed by atoms with Crippen LogP contribution in [0.2, 0.25) is 0 Å². The zero-order valence-electron chi connectivity index (χ0n) is 13.7. The normalized spacial score (nSPS) is 10.6. The van der Waals surface area contributed by atoms with Gasteiger partial charge in [0.05, 0.1) is 17.0 Å². The van der Waals surface area contributed by atoms with E-state index in [4.69, 9.17) is 4.74 Å². The van der Waals surface area contributed by atoms with Gasteiger partial charge in [0.2, 0.25) is 0 Å². The second kappa shape index (κ2) is 8.22. The standard InChI is InChI=1S/C18H21BrN2O2/c1-13-16(18(22)21(2)10-5-11-23-3)8-9-17(20-13)14-6-4-7-15(19)12-14/h4,6-9,12H,5,10-11H2,1-3H3. The molecule has 23 heavy (non-hydrogen) atoms. The lowest BCUT2D eigenvalue weighted by Gasteiger charge is -2.18. The number of carbonyl (C=O) groups is 1. The van der Waals surface area contributed by atoms with Crippen LogP contribution in [0.15, 0.2) is 40.9 Å². The SMILES string of the molecule is COCCCN(C)C(=O)c1ccc(-c2cccc(Br)c2)nc1C. The molecular weight excluding hydrogens is 356 g/mol. The topological polar surface area (TPSA) is 42.4 Å². The molecule has 2 rings (SSSR count). The molecule has 5 heteroatoms. The average Bonchev–Trinajstić information content (AvgIpc) is 2.54. The summed E-state index contributed by atoms with van der Waals surface area (Å²) in [7, 11) is 3.47. The Morgan fingerprint density at radius 3 is 2.74 bits per heavy atom. The first kappa shape index (κ1) is 17.6. The Kier molecular flexibility index (Phi) is 6.30. The molecule has 0 saturated carbocycles. The number of benzene rings is 1. The molecule has 1 amide bonds. The second-order valence-corrected chi connectivity index (χ2v) is 6.33. The first-order valence-electron chi connectivity index (χ1n) is 7.51. The van der Waals surface area contributed by atoms with E-state index in [0.29, 0.717) is 18.7 Å². The largest absolute Gasteiger partial charge is 0.385 e. The van der Waals surface area contributed by atoms with Crippen LogP contribution in [-0.4, -0.2) is 43.1 Å². The number of ether oxygens (including phenoxy) is 1. The van der Waals surface area contributed by atoms with Crippen LogP contribution in [0.3, 0.4) is 0 Å². The Balaban J connectivity index is 2.17. The van der Waals surface area contributed by atoms with Crippen molar-refractivity contribution in [1.82, 2.24) is 9.88 Å². The third-order valence-corrected chi connectivity index (χ3v) is 4.12. The highest BCUT2D eigenvalue weighted by Gasteiger charge is 2.15. The van der Waals surface area contributed by atoms with Crippen LogP contribution in [0.25, 0.3) is 11.3 Å². The van der Waals surface area contributed by atoms with Crippen LogP contribution in [0, 0.1) is 6.92 Å². The van der Waals surface area contributed by atoms with Gasteiger partial charge >= 0.3 is 0 Å². The third kappa shape index (κ3) is 4.62. The molecule has 0 saturated heterocycles. The first-order chi connectivity index (χ1) is 11.0. The molecule has 0 aliphatic heterocycles. The van der Waals surface area contributed by atoms with Gasteiger partial charge in [-0.1, -0.05) is 28.1 Å². The number of halogens is 1. The summed E-state index contributed by atoms with van der Waals surface area (Å²) in [5, 5.41) is 0. The van der Waals surface area contributed by atoms with Crippen molar-refractivity contribution in [3.8, 4) is 11.3 Å². The van der Waals surface area contributed by atoms with Gasteiger partial charge in [-0.25, -0.2) is 0 Å². The van der Waals surface area contributed by atoms with Gasteiger partial charge in [-0.2, -0.15) is 0 Å². The maximum atomic E-state index is 12.5. The zero-order valence-corrected chi connectivity index (χ0v) is 15.3. The zero-order chi connectivity index (χ0) is 16.8. The highest BCUT2D eigenvalue weighted by atomic mass is 79.9. The van der Waals surface area contributed by atoms with Crippen LogP contribution in [0.5, 0.6) is 0 Å². The average molecular weight is 377 g/mol. The van der Waals surface area contributed by atoms with E-state index in [1.807, 2.05) is 43.3 Å². The Hall–Kier alpha value is -1.72. The number of pyridine rings is 1. The smallest absolute Gasteiger partial charge is 0.255 e. The van der Waals surface area contributed by atoms with Crippen LogP contribution in [0.4, 0.5) is 0 Å². The van der Waals surface area contributed by atoms with Gasteiger partial charge in [0.25, 0.3) is 5.91 Å². The summed E-state index contributed by atoms with van der Waals surface area (Å²) in [6.07, 6.45) is 0.821. The maximum Gasteiger partial charge on any atom is 0.255 e. The molecular formula is C18H21BrN2O2. The molecule has 122 valence electrons. The van der Waals surface area contributed by atoms with Gasteiger partial charge in [0.1, 0.15) is 0 Å². The van der Waals surface area contributed by atoms with Crippen molar-refractivity contribution in [2.24, 2.45) is 0 Å². The van der Waals surface area contributed by atoms with E-state index in [1.54, 1.807) is 19.1 Å². The van der Waals surface area contributed by atoms with E-state index in [1.165, 1.54) is 0 Å². The lowest BCUT2D eigenvalue weighted by atomic mass is 10.1.